The van der Waals surface area contributed by atoms with Crippen LogP contribution < -0.4 is 5.32 Å². The van der Waals surface area contributed by atoms with Gasteiger partial charge in [0.2, 0.25) is 10.0 Å². The molecule has 0 aromatic heterocycles. The summed E-state index contributed by atoms with van der Waals surface area (Å²) in [5.41, 5.74) is 0.921. The lowest BCUT2D eigenvalue weighted by molar-refractivity contribution is 0.450. The Hall–Kier alpha value is -0.620. The second-order valence-corrected chi connectivity index (χ2v) is 8.20. The van der Waals surface area contributed by atoms with Crippen LogP contribution in [0.4, 0.5) is 0 Å². The van der Waals surface area contributed by atoms with E-state index in [-0.39, 0.29) is 6.04 Å². The summed E-state index contributed by atoms with van der Waals surface area (Å²) in [7, 11) is -1.70. The molecule has 0 aliphatic heterocycles. The molecule has 1 atom stereocenters. The highest BCUT2D eigenvalue weighted by atomic mass is 35.5. The van der Waals surface area contributed by atoms with E-state index in [1.54, 1.807) is 26.1 Å². The van der Waals surface area contributed by atoms with E-state index in [2.05, 4.69) is 5.32 Å². The van der Waals surface area contributed by atoms with Gasteiger partial charge in [0.25, 0.3) is 0 Å². The molecule has 1 rings (SSSR count). The molecule has 20 heavy (non-hydrogen) atoms. The first-order valence-corrected chi connectivity index (χ1v) is 8.54. The lowest BCUT2D eigenvalue weighted by atomic mass is 10.2. The van der Waals surface area contributed by atoms with Crippen molar-refractivity contribution < 1.29 is 8.42 Å². The van der Waals surface area contributed by atoms with Gasteiger partial charge < -0.3 is 5.32 Å². The second kappa shape index (κ2) is 7.41. The fourth-order valence-electron chi connectivity index (χ4n) is 1.75. The summed E-state index contributed by atoms with van der Waals surface area (Å²) in [6.07, 6.45) is 0. The van der Waals surface area contributed by atoms with E-state index in [1.807, 2.05) is 26.0 Å². The molecule has 6 heteroatoms. The topological polar surface area (TPSA) is 49.4 Å². The summed E-state index contributed by atoms with van der Waals surface area (Å²) >= 11 is 5.82. The van der Waals surface area contributed by atoms with Gasteiger partial charge in [0, 0.05) is 31.2 Å². The molecule has 0 fully saturated rings. The predicted molar refractivity (Wildman–Crippen MR) is 84.4 cm³/mol. The van der Waals surface area contributed by atoms with Crippen molar-refractivity contribution in [2.75, 3.05) is 13.6 Å². The molecule has 0 spiro atoms. The Morgan fingerprint density at radius 1 is 1.20 bits per heavy atom. The molecule has 1 N–H and O–H groups in total. The van der Waals surface area contributed by atoms with Gasteiger partial charge >= 0.3 is 0 Å². The van der Waals surface area contributed by atoms with Gasteiger partial charge in [-0.1, -0.05) is 37.6 Å². The average Bonchev–Trinajstić information content (AvgIpc) is 2.38. The van der Waals surface area contributed by atoms with Crippen LogP contribution in [0.3, 0.4) is 0 Å². The number of hydrogen-bond acceptors (Lipinski definition) is 3. The molecule has 1 aromatic carbocycles. The first kappa shape index (κ1) is 17.4. The minimum absolute atomic E-state index is 0.272. The van der Waals surface area contributed by atoms with Gasteiger partial charge in [0.1, 0.15) is 0 Å². The highest BCUT2D eigenvalue weighted by molar-refractivity contribution is 7.89. The van der Waals surface area contributed by atoms with Crippen molar-refractivity contribution in [3.8, 4) is 0 Å². The molecule has 0 radical (unpaired) electrons. The Morgan fingerprint density at radius 3 is 2.25 bits per heavy atom. The number of sulfonamides is 1. The summed E-state index contributed by atoms with van der Waals surface area (Å²) < 4.78 is 26.1. The zero-order valence-electron chi connectivity index (χ0n) is 12.4. The van der Waals surface area contributed by atoms with Crippen LogP contribution in [0.5, 0.6) is 0 Å². The molecule has 0 saturated heterocycles. The molecule has 1 unspecified atom stereocenters. The second-order valence-electron chi connectivity index (χ2n) is 5.30. The van der Waals surface area contributed by atoms with Crippen LogP contribution in [0.2, 0.25) is 5.02 Å². The summed E-state index contributed by atoms with van der Waals surface area (Å²) in [5.74, 6) is 0. The van der Waals surface area contributed by atoms with E-state index in [1.165, 1.54) is 4.31 Å². The van der Waals surface area contributed by atoms with Gasteiger partial charge in [-0.25, -0.2) is 12.7 Å². The van der Waals surface area contributed by atoms with Gasteiger partial charge in [-0.05, 0) is 24.6 Å². The molecule has 0 heterocycles. The number of rotatable bonds is 7. The molecular weight excluding hydrogens is 296 g/mol. The summed E-state index contributed by atoms with van der Waals surface area (Å²) in [6.45, 7) is 6.52. The summed E-state index contributed by atoms with van der Waals surface area (Å²) in [5, 5.41) is 3.34. The maximum atomic E-state index is 12.4. The van der Waals surface area contributed by atoms with Gasteiger partial charge in [-0.15, -0.1) is 0 Å². The Balaban J connectivity index is 2.68. The largest absolute Gasteiger partial charge is 0.313 e. The van der Waals surface area contributed by atoms with Gasteiger partial charge in [0.15, 0.2) is 0 Å². The summed E-state index contributed by atoms with van der Waals surface area (Å²) in [4.78, 5) is 0. The molecule has 1 aromatic rings. The molecular formula is C14H23ClN2O2S. The van der Waals surface area contributed by atoms with Crippen LogP contribution in [-0.4, -0.2) is 37.6 Å². The third-order valence-corrected chi connectivity index (χ3v) is 5.51. The molecule has 0 amide bonds. The maximum Gasteiger partial charge on any atom is 0.218 e. The fourth-order valence-corrected chi connectivity index (χ4v) is 3.13. The normalized spacial score (nSPS) is 13.9. The SMILES string of the molecule is CC(C)NCC(C)S(=O)(=O)N(C)Cc1ccc(Cl)cc1. The van der Waals surface area contributed by atoms with Gasteiger partial charge in [-0.3, -0.25) is 0 Å². The highest BCUT2D eigenvalue weighted by Gasteiger charge is 2.25. The first-order valence-electron chi connectivity index (χ1n) is 6.66. The number of halogens is 1. The predicted octanol–water partition coefficient (Wildman–Crippen LogP) is 2.49. The van der Waals surface area contributed by atoms with Gasteiger partial charge in [0.05, 0.1) is 5.25 Å². The highest BCUT2D eigenvalue weighted by Crippen LogP contribution is 2.14. The van der Waals surface area contributed by atoms with E-state index in [0.29, 0.717) is 18.1 Å². The van der Waals surface area contributed by atoms with Crippen LogP contribution in [0.25, 0.3) is 0 Å². The molecule has 0 aliphatic rings. The number of nitrogens with one attached hydrogen (secondary N) is 1. The fraction of sp³-hybridized carbons (Fsp3) is 0.571. The lowest BCUT2D eigenvalue weighted by Crippen LogP contribution is -2.41. The van der Waals surface area contributed by atoms with Crippen molar-refractivity contribution >= 4 is 21.6 Å². The number of nitrogens with zero attached hydrogens (tertiary/aromatic N) is 1. The van der Waals surface area contributed by atoms with E-state index in [0.717, 1.165) is 5.56 Å². The van der Waals surface area contributed by atoms with Gasteiger partial charge in [-0.2, -0.15) is 0 Å². The Kier molecular flexibility index (Phi) is 6.45. The van der Waals surface area contributed by atoms with Crippen LogP contribution >= 0.6 is 11.6 Å². The van der Waals surface area contributed by atoms with Crippen molar-refractivity contribution in [3.63, 3.8) is 0 Å². The maximum absolute atomic E-state index is 12.4. The minimum Gasteiger partial charge on any atom is -0.313 e. The number of benzene rings is 1. The molecule has 0 saturated carbocycles. The van der Waals surface area contributed by atoms with Crippen molar-refractivity contribution in [1.29, 1.82) is 0 Å². The van der Waals surface area contributed by atoms with Crippen LogP contribution in [-0.2, 0) is 16.6 Å². The van der Waals surface area contributed by atoms with Crippen molar-refractivity contribution in [3.05, 3.63) is 34.9 Å². The van der Waals surface area contributed by atoms with Crippen molar-refractivity contribution in [1.82, 2.24) is 9.62 Å². The number of hydrogen-bond donors (Lipinski definition) is 1. The van der Waals surface area contributed by atoms with Crippen molar-refractivity contribution in [2.45, 2.75) is 38.6 Å². The first-order chi connectivity index (χ1) is 9.23. The zero-order valence-corrected chi connectivity index (χ0v) is 14.0. The molecule has 114 valence electrons. The van der Waals surface area contributed by atoms with Crippen molar-refractivity contribution in [2.24, 2.45) is 0 Å². The van der Waals surface area contributed by atoms with Crippen LogP contribution in [0.1, 0.15) is 26.3 Å². The lowest BCUT2D eigenvalue weighted by Gasteiger charge is -2.23. The minimum atomic E-state index is -3.31. The molecule has 4 nitrogen and oxygen atoms in total. The Morgan fingerprint density at radius 2 is 1.75 bits per heavy atom. The quantitative estimate of drug-likeness (QED) is 0.840. The Bertz CT molecular complexity index is 514. The average molecular weight is 319 g/mol. The standard InChI is InChI=1S/C14H23ClN2O2S/c1-11(2)16-9-12(3)20(18,19)17(4)10-13-5-7-14(15)8-6-13/h5-8,11-12,16H,9-10H2,1-4H3. The van der Waals surface area contributed by atoms with E-state index in [9.17, 15) is 8.42 Å². The van der Waals surface area contributed by atoms with Crippen LogP contribution in [0.15, 0.2) is 24.3 Å². The summed E-state index contributed by atoms with van der Waals surface area (Å²) in [6, 6.07) is 7.48. The molecule has 0 aliphatic carbocycles. The smallest absolute Gasteiger partial charge is 0.218 e. The van der Waals surface area contributed by atoms with E-state index < -0.39 is 15.3 Å². The third-order valence-electron chi connectivity index (χ3n) is 3.07. The zero-order chi connectivity index (χ0) is 15.3. The third kappa shape index (κ3) is 5.05. The molecule has 0 bridgehead atoms. The monoisotopic (exact) mass is 318 g/mol. The van der Waals surface area contributed by atoms with Crippen LogP contribution in [0, 0.1) is 0 Å². The van der Waals surface area contributed by atoms with E-state index >= 15 is 0 Å². The van der Waals surface area contributed by atoms with E-state index in [4.69, 9.17) is 11.6 Å². The Labute approximate surface area is 127 Å².